The summed E-state index contributed by atoms with van der Waals surface area (Å²) in [6, 6.07) is 12.5. The molecule has 0 fully saturated rings. The SMILES string of the molecule is O=C(CCSc1nnnn1-c1ccc(Cl)cc1)Nc1ccc2c(c1)OCO2. The van der Waals surface area contributed by atoms with Crippen LogP contribution in [0.4, 0.5) is 5.69 Å². The fourth-order valence-corrected chi connectivity index (χ4v) is 3.40. The van der Waals surface area contributed by atoms with Crippen molar-refractivity contribution < 1.29 is 14.3 Å². The molecule has 0 unspecified atom stereocenters. The minimum absolute atomic E-state index is 0.105. The molecule has 0 saturated carbocycles. The summed E-state index contributed by atoms with van der Waals surface area (Å²) >= 11 is 7.30. The van der Waals surface area contributed by atoms with Crippen LogP contribution in [0.3, 0.4) is 0 Å². The molecule has 1 N–H and O–H groups in total. The minimum atomic E-state index is -0.105. The van der Waals surface area contributed by atoms with Crippen LogP contribution in [0, 0.1) is 0 Å². The summed E-state index contributed by atoms with van der Waals surface area (Å²) in [7, 11) is 0. The van der Waals surface area contributed by atoms with E-state index in [2.05, 4.69) is 20.8 Å². The van der Waals surface area contributed by atoms with Gasteiger partial charge in [0.05, 0.1) is 5.69 Å². The van der Waals surface area contributed by atoms with Gasteiger partial charge in [0, 0.05) is 29.0 Å². The summed E-state index contributed by atoms with van der Waals surface area (Å²) in [6.45, 7) is 0.200. The van der Waals surface area contributed by atoms with Crippen molar-refractivity contribution in [1.29, 1.82) is 0 Å². The van der Waals surface area contributed by atoms with E-state index < -0.39 is 0 Å². The van der Waals surface area contributed by atoms with Crippen LogP contribution in [0.1, 0.15) is 6.42 Å². The Bertz CT molecular complexity index is 963. The summed E-state index contributed by atoms with van der Waals surface area (Å²) in [5.41, 5.74) is 1.47. The Morgan fingerprint density at radius 1 is 1.19 bits per heavy atom. The number of halogens is 1. The molecule has 138 valence electrons. The molecule has 0 spiro atoms. The van der Waals surface area contributed by atoms with E-state index in [9.17, 15) is 4.79 Å². The predicted molar refractivity (Wildman–Crippen MR) is 101 cm³/mol. The molecule has 2 aromatic carbocycles. The minimum Gasteiger partial charge on any atom is -0.454 e. The Balaban J connectivity index is 1.32. The number of aromatic nitrogens is 4. The lowest BCUT2D eigenvalue weighted by Gasteiger charge is -2.06. The van der Waals surface area contributed by atoms with Crippen molar-refractivity contribution >= 4 is 35.0 Å². The zero-order chi connectivity index (χ0) is 18.6. The van der Waals surface area contributed by atoms with Crippen molar-refractivity contribution in [1.82, 2.24) is 20.2 Å². The van der Waals surface area contributed by atoms with Crippen LogP contribution >= 0.6 is 23.4 Å². The number of thioether (sulfide) groups is 1. The second kappa shape index (κ2) is 7.85. The van der Waals surface area contributed by atoms with Gasteiger partial charge in [0.25, 0.3) is 0 Å². The normalized spacial score (nSPS) is 12.2. The molecule has 0 radical (unpaired) electrons. The molecule has 10 heteroatoms. The highest BCUT2D eigenvalue weighted by Crippen LogP contribution is 2.34. The topological polar surface area (TPSA) is 91.2 Å². The Labute approximate surface area is 163 Å². The summed E-state index contributed by atoms with van der Waals surface area (Å²) in [5.74, 6) is 1.73. The monoisotopic (exact) mass is 403 g/mol. The average molecular weight is 404 g/mol. The van der Waals surface area contributed by atoms with Gasteiger partial charge in [-0.2, -0.15) is 4.68 Å². The Morgan fingerprint density at radius 3 is 2.85 bits per heavy atom. The molecular weight excluding hydrogens is 390 g/mol. The van der Waals surface area contributed by atoms with Crippen molar-refractivity contribution in [2.75, 3.05) is 17.9 Å². The lowest BCUT2D eigenvalue weighted by molar-refractivity contribution is -0.115. The first-order valence-corrected chi connectivity index (χ1v) is 9.42. The first-order valence-electron chi connectivity index (χ1n) is 8.06. The van der Waals surface area contributed by atoms with Crippen LogP contribution < -0.4 is 14.8 Å². The summed E-state index contributed by atoms with van der Waals surface area (Å²) in [6.07, 6.45) is 0.312. The van der Waals surface area contributed by atoms with E-state index in [1.54, 1.807) is 35.0 Å². The van der Waals surface area contributed by atoms with Gasteiger partial charge in [0.15, 0.2) is 11.5 Å². The van der Waals surface area contributed by atoms with Crippen molar-refractivity contribution in [2.24, 2.45) is 0 Å². The van der Waals surface area contributed by atoms with Crippen LogP contribution in [0.25, 0.3) is 5.69 Å². The third-order valence-corrected chi connectivity index (χ3v) is 4.90. The van der Waals surface area contributed by atoms with Gasteiger partial charge >= 0.3 is 0 Å². The lowest BCUT2D eigenvalue weighted by Crippen LogP contribution is -2.12. The molecule has 4 rings (SSSR count). The molecule has 0 bridgehead atoms. The fourth-order valence-electron chi connectivity index (χ4n) is 2.45. The van der Waals surface area contributed by atoms with Gasteiger partial charge < -0.3 is 14.8 Å². The Morgan fingerprint density at radius 2 is 2.00 bits per heavy atom. The molecule has 0 atom stereocenters. The van der Waals surface area contributed by atoms with E-state index in [0.717, 1.165) is 5.69 Å². The largest absolute Gasteiger partial charge is 0.454 e. The second-order valence-corrected chi connectivity index (χ2v) is 7.06. The van der Waals surface area contributed by atoms with Gasteiger partial charge in [-0.3, -0.25) is 4.79 Å². The first-order chi connectivity index (χ1) is 13.2. The van der Waals surface area contributed by atoms with Crippen molar-refractivity contribution in [3.63, 3.8) is 0 Å². The number of benzene rings is 2. The number of anilines is 1. The maximum Gasteiger partial charge on any atom is 0.231 e. The summed E-state index contributed by atoms with van der Waals surface area (Å²) < 4.78 is 12.2. The molecule has 1 amide bonds. The number of hydrogen-bond donors (Lipinski definition) is 1. The molecule has 1 aliphatic rings. The molecule has 2 heterocycles. The molecule has 8 nitrogen and oxygen atoms in total. The number of ether oxygens (including phenoxy) is 2. The van der Waals surface area contributed by atoms with Crippen molar-refractivity contribution in [3.05, 3.63) is 47.5 Å². The maximum atomic E-state index is 12.2. The number of hydrogen-bond acceptors (Lipinski definition) is 7. The molecule has 0 saturated heterocycles. The van der Waals surface area contributed by atoms with Crippen LogP contribution in [0.5, 0.6) is 11.5 Å². The smallest absolute Gasteiger partial charge is 0.231 e. The number of nitrogens with one attached hydrogen (secondary N) is 1. The number of amides is 1. The summed E-state index contributed by atoms with van der Waals surface area (Å²) in [5, 5.41) is 15.8. The van der Waals surface area contributed by atoms with Gasteiger partial charge in [-0.25, -0.2) is 0 Å². The number of fused-ring (bicyclic) bond motifs is 1. The third kappa shape index (κ3) is 4.15. The summed E-state index contributed by atoms with van der Waals surface area (Å²) in [4.78, 5) is 12.2. The fraction of sp³-hybridized carbons (Fsp3) is 0.176. The second-order valence-electron chi connectivity index (χ2n) is 5.56. The van der Waals surface area contributed by atoms with Crippen molar-refractivity contribution in [2.45, 2.75) is 11.6 Å². The van der Waals surface area contributed by atoms with E-state index in [0.29, 0.717) is 39.5 Å². The van der Waals surface area contributed by atoms with Crippen LogP contribution in [0.15, 0.2) is 47.6 Å². The Hall–Kier alpha value is -2.78. The highest BCUT2D eigenvalue weighted by atomic mass is 35.5. The van der Waals surface area contributed by atoms with Crippen molar-refractivity contribution in [3.8, 4) is 17.2 Å². The number of nitrogens with zero attached hydrogens (tertiary/aromatic N) is 4. The first kappa shape index (κ1) is 17.6. The van der Waals surface area contributed by atoms with Gasteiger partial charge in [-0.05, 0) is 46.8 Å². The molecular formula is C17H14ClN5O3S. The van der Waals surface area contributed by atoms with E-state index in [1.807, 2.05) is 12.1 Å². The third-order valence-electron chi connectivity index (χ3n) is 3.73. The number of carbonyl (C=O) groups is 1. The number of tetrazole rings is 1. The predicted octanol–water partition coefficient (Wildman–Crippen LogP) is 3.17. The number of carbonyl (C=O) groups excluding carboxylic acids is 1. The zero-order valence-corrected chi connectivity index (χ0v) is 15.5. The van der Waals surface area contributed by atoms with E-state index in [4.69, 9.17) is 21.1 Å². The molecule has 1 aromatic heterocycles. The van der Waals surface area contributed by atoms with Gasteiger partial charge in [0.1, 0.15) is 0 Å². The highest BCUT2D eigenvalue weighted by Gasteiger charge is 2.14. The molecule has 0 aliphatic carbocycles. The van der Waals surface area contributed by atoms with Gasteiger partial charge in [-0.1, -0.05) is 23.4 Å². The average Bonchev–Trinajstić information content (AvgIpc) is 3.31. The van der Waals surface area contributed by atoms with Gasteiger partial charge in [-0.15, -0.1) is 5.10 Å². The number of rotatable bonds is 6. The van der Waals surface area contributed by atoms with E-state index in [1.165, 1.54) is 11.8 Å². The Kier molecular flexibility index (Phi) is 5.12. The van der Waals surface area contributed by atoms with E-state index >= 15 is 0 Å². The van der Waals surface area contributed by atoms with Crippen LogP contribution in [-0.2, 0) is 4.79 Å². The highest BCUT2D eigenvalue weighted by molar-refractivity contribution is 7.99. The maximum absolute atomic E-state index is 12.2. The van der Waals surface area contributed by atoms with Crippen LogP contribution in [-0.4, -0.2) is 38.7 Å². The zero-order valence-electron chi connectivity index (χ0n) is 14.0. The lowest BCUT2D eigenvalue weighted by atomic mass is 10.2. The van der Waals surface area contributed by atoms with Crippen LogP contribution in [0.2, 0.25) is 5.02 Å². The molecule has 27 heavy (non-hydrogen) atoms. The van der Waals surface area contributed by atoms with Gasteiger partial charge in [0.2, 0.25) is 17.9 Å². The van der Waals surface area contributed by atoms with E-state index in [-0.39, 0.29) is 12.7 Å². The standard InChI is InChI=1S/C17H14ClN5O3S/c18-11-1-4-13(5-2-11)23-17(20-21-22-23)27-8-7-16(24)19-12-3-6-14-15(9-12)26-10-25-14/h1-6,9H,7-8,10H2,(H,19,24). The quantitative estimate of drug-likeness (QED) is 0.632. The molecule has 1 aliphatic heterocycles. The molecule has 3 aromatic rings.